The average Bonchev–Trinajstić information content (AvgIpc) is 2.83. The van der Waals surface area contributed by atoms with Crippen LogP contribution >= 0.6 is 34.5 Å². The molecule has 2 heterocycles. The quantitative estimate of drug-likeness (QED) is 0.697. The zero-order valence-electron chi connectivity index (χ0n) is 9.52. The molecule has 0 spiro atoms. The van der Waals surface area contributed by atoms with Gasteiger partial charge in [-0.1, -0.05) is 23.2 Å². The molecule has 0 aliphatic heterocycles. The lowest BCUT2D eigenvalue weighted by molar-refractivity contribution is 0.0905. The van der Waals surface area contributed by atoms with E-state index in [9.17, 15) is 9.59 Å². The number of hydrogen-bond donors (Lipinski definition) is 1. The minimum Gasteiger partial charge on any atom is -0.344 e. The minimum absolute atomic E-state index is 0.109. The van der Waals surface area contributed by atoms with Crippen molar-refractivity contribution in [2.24, 2.45) is 0 Å². The van der Waals surface area contributed by atoms with E-state index in [0.29, 0.717) is 20.6 Å². The third-order valence-electron chi connectivity index (χ3n) is 2.27. The molecule has 1 amide bonds. The van der Waals surface area contributed by atoms with E-state index in [2.05, 4.69) is 10.3 Å². The van der Waals surface area contributed by atoms with Crippen molar-refractivity contribution >= 4 is 46.2 Å². The second-order valence-corrected chi connectivity index (χ2v) is 5.28. The number of nitrogens with one attached hydrogen (secondary N) is 1. The molecular weight excluding hydrogens is 307 g/mol. The second kappa shape index (κ2) is 6.14. The molecule has 2 rings (SSSR count). The minimum atomic E-state index is -0.384. The van der Waals surface area contributed by atoms with Crippen LogP contribution in [0.2, 0.25) is 10.2 Å². The van der Waals surface area contributed by atoms with Gasteiger partial charge in [0.1, 0.15) is 5.15 Å². The maximum absolute atomic E-state index is 11.8. The molecule has 4 nitrogen and oxygen atoms in total. The monoisotopic (exact) mass is 314 g/mol. The first-order valence-electron chi connectivity index (χ1n) is 5.24. The van der Waals surface area contributed by atoms with E-state index in [4.69, 9.17) is 23.2 Å². The highest BCUT2D eigenvalue weighted by Crippen LogP contribution is 2.22. The largest absolute Gasteiger partial charge is 0.344 e. The van der Waals surface area contributed by atoms with Gasteiger partial charge < -0.3 is 5.32 Å². The molecule has 0 saturated carbocycles. The number of carbonyl (C=O) groups excluding carboxylic acids is 2. The van der Waals surface area contributed by atoms with E-state index in [0.717, 1.165) is 0 Å². The Bertz CT molecular complexity index is 610. The number of thiophene rings is 1. The van der Waals surface area contributed by atoms with E-state index < -0.39 is 0 Å². The third kappa shape index (κ3) is 3.53. The third-order valence-corrected chi connectivity index (χ3v) is 3.88. The summed E-state index contributed by atoms with van der Waals surface area (Å²) in [5.41, 5.74) is 0.342. The number of aromatic nitrogens is 1. The van der Waals surface area contributed by atoms with Gasteiger partial charge in [0.2, 0.25) is 0 Å². The van der Waals surface area contributed by atoms with Gasteiger partial charge in [0.15, 0.2) is 5.78 Å². The standard InChI is InChI=1S/C12H8Cl2N2O2S/c13-8-3-4-19-11(8)9(17)6-16-12(18)7-1-2-10(14)15-5-7/h1-5H,6H2,(H,16,18). The van der Waals surface area contributed by atoms with E-state index in [1.54, 1.807) is 11.4 Å². The van der Waals surface area contributed by atoms with E-state index in [-0.39, 0.29) is 18.2 Å². The molecule has 0 saturated heterocycles. The van der Waals surface area contributed by atoms with Gasteiger partial charge in [-0.3, -0.25) is 9.59 Å². The van der Waals surface area contributed by atoms with E-state index in [1.165, 1.54) is 29.7 Å². The molecule has 0 radical (unpaired) electrons. The predicted octanol–water partition coefficient (Wildman–Crippen LogP) is 3.06. The Hall–Kier alpha value is -1.43. The number of carbonyl (C=O) groups is 2. The molecule has 0 aliphatic rings. The summed E-state index contributed by atoms with van der Waals surface area (Å²) in [6.07, 6.45) is 1.35. The first kappa shape index (κ1) is 14.0. The summed E-state index contributed by atoms with van der Waals surface area (Å²) in [6, 6.07) is 4.69. The van der Waals surface area contributed by atoms with Gasteiger partial charge in [-0.25, -0.2) is 4.98 Å². The highest BCUT2D eigenvalue weighted by atomic mass is 35.5. The molecular formula is C12H8Cl2N2O2S. The van der Waals surface area contributed by atoms with Crippen molar-refractivity contribution in [3.05, 3.63) is 50.4 Å². The SMILES string of the molecule is O=C(NCC(=O)c1sccc1Cl)c1ccc(Cl)nc1. The van der Waals surface area contributed by atoms with Crippen molar-refractivity contribution in [1.82, 2.24) is 10.3 Å². The molecule has 2 aromatic heterocycles. The van der Waals surface area contributed by atoms with Gasteiger partial charge in [0.25, 0.3) is 5.91 Å². The summed E-state index contributed by atoms with van der Waals surface area (Å²) in [7, 11) is 0. The van der Waals surface area contributed by atoms with Crippen molar-refractivity contribution in [3.8, 4) is 0 Å². The van der Waals surface area contributed by atoms with Crippen LogP contribution < -0.4 is 5.32 Å². The van der Waals surface area contributed by atoms with Crippen LogP contribution in [0.3, 0.4) is 0 Å². The number of ketones is 1. The first-order valence-corrected chi connectivity index (χ1v) is 6.87. The fourth-order valence-corrected chi connectivity index (χ4v) is 2.56. The summed E-state index contributed by atoms with van der Waals surface area (Å²) >= 11 is 12.7. The average molecular weight is 315 g/mol. The molecule has 19 heavy (non-hydrogen) atoms. The molecule has 0 unspecified atom stereocenters. The van der Waals surface area contributed by atoms with Gasteiger partial charge >= 0.3 is 0 Å². The van der Waals surface area contributed by atoms with Crippen LogP contribution in [0.25, 0.3) is 0 Å². The van der Waals surface area contributed by atoms with Crippen LogP contribution in [0.5, 0.6) is 0 Å². The smallest absolute Gasteiger partial charge is 0.253 e. The molecule has 1 N–H and O–H groups in total. The second-order valence-electron chi connectivity index (χ2n) is 3.57. The predicted molar refractivity (Wildman–Crippen MR) is 75.2 cm³/mol. The lowest BCUT2D eigenvalue weighted by Crippen LogP contribution is -2.29. The summed E-state index contributed by atoms with van der Waals surface area (Å²) < 4.78 is 0. The maximum Gasteiger partial charge on any atom is 0.253 e. The van der Waals surface area contributed by atoms with Crippen LogP contribution in [0.4, 0.5) is 0 Å². The Labute approximate surface area is 123 Å². The Morgan fingerprint density at radius 1 is 1.26 bits per heavy atom. The maximum atomic E-state index is 11.8. The Morgan fingerprint density at radius 3 is 2.63 bits per heavy atom. The van der Waals surface area contributed by atoms with E-state index in [1.807, 2.05) is 0 Å². The molecule has 98 valence electrons. The van der Waals surface area contributed by atoms with Gasteiger partial charge in [-0.2, -0.15) is 0 Å². The van der Waals surface area contributed by atoms with Crippen LogP contribution in [0.15, 0.2) is 29.8 Å². The van der Waals surface area contributed by atoms with Gasteiger partial charge in [-0.05, 0) is 23.6 Å². The molecule has 0 fully saturated rings. The molecule has 0 aliphatic carbocycles. The molecule has 7 heteroatoms. The highest BCUT2D eigenvalue weighted by Gasteiger charge is 2.13. The number of rotatable bonds is 4. The van der Waals surface area contributed by atoms with Crippen molar-refractivity contribution in [2.45, 2.75) is 0 Å². The van der Waals surface area contributed by atoms with Crippen LogP contribution in [0.1, 0.15) is 20.0 Å². The lowest BCUT2D eigenvalue weighted by atomic mass is 10.2. The van der Waals surface area contributed by atoms with Crippen LogP contribution in [-0.2, 0) is 0 Å². The van der Waals surface area contributed by atoms with Crippen LogP contribution in [-0.4, -0.2) is 23.2 Å². The highest BCUT2D eigenvalue weighted by molar-refractivity contribution is 7.12. The molecule has 0 atom stereocenters. The number of hydrogen-bond acceptors (Lipinski definition) is 4. The molecule has 0 bridgehead atoms. The topological polar surface area (TPSA) is 59.1 Å². The van der Waals surface area contributed by atoms with Crippen molar-refractivity contribution in [2.75, 3.05) is 6.54 Å². The molecule has 0 aromatic carbocycles. The van der Waals surface area contributed by atoms with E-state index >= 15 is 0 Å². The first-order chi connectivity index (χ1) is 9.08. The van der Waals surface area contributed by atoms with Crippen molar-refractivity contribution in [1.29, 1.82) is 0 Å². The van der Waals surface area contributed by atoms with Gasteiger partial charge in [-0.15, -0.1) is 11.3 Å². The molecule has 2 aromatic rings. The lowest BCUT2D eigenvalue weighted by Gasteiger charge is -2.03. The number of Topliss-reactive ketones (excluding diaryl/α,β-unsaturated/α-hetero) is 1. The zero-order valence-corrected chi connectivity index (χ0v) is 11.9. The normalized spacial score (nSPS) is 10.2. The number of halogens is 2. The summed E-state index contributed by atoms with van der Waals surface area (Å²) in [5, 5.41) is 4.94. The fraction of sp³-hybridized carbons (Fsp3) is 0.0833. The van der Waals surface area contributed by atoms with Crippen LogP contribution in [0, 0.1) is 0 Å². The summed E-state index contributed by atoms with van der Waals surface area (Å²) in [6.45, 7) is -0.109. The number of nitrogens with zero attached hydrogens (tertiary/aromatic N) is 1. The van der Waals surface area contributed by atoms with Gasteiger partial charge in [0.05, 0.1) is 22.0 Å². The van der Waals surface area contributed by atoms with Crippen molar-refractivity contribution in [3.63, 3.8) is 0 Å². The number of amides is 1. The Balaban J connectivity index is 1.96. The number of pyridine rings is 1. The Morgan fingerprint density at radius 2 is 2.05 bits per heavy atom. The summed E-state index contributed by atoms with van der Waals surface area (Å²) in [5.74, 6) is -0.611. The Kier molecular flexibility index (Phi) is 4.52. The summed E-state index contributed by atoms with van der Waals surface area (Å²) in [4.78, 5) is 27.8. The zero-order chi connectivity index (χ0) is 13.8. The van der Waals surface area contributed by atoms with Crippen molar-refractivity contribution < 1.29 is 9.59 Å². The fourth-order valence-electron chi connectivity index (χ4n) is 1.35. The van der Waals surface area contributed by atoms with Gasteiger partial charge in [0, 0.05) is 6.20 Å².